The van der Waals surface area contributed by atoms with E-state index in [1.807, 2.05) is 31.2 Å². The zero-order valence-corrected chi connectivity index (χ0v) is 9.69. The fraction of sp³-hybridized carbons (Fsp3) is 0.400. The molecule has 13 heavy (non-hydrogen) atoms. The summed E-state index contributed by atoms with van der Waals surface area (Å²) in [7, 11) is 0. The molecule has 0 radical (unpaired) electrons. The lowest BCUT2D eigenvalue weighted by Gasteiger charge is -2.09. The number of hydrogen-bond acceptors (Lipinski definition) is 2. The van der Waals surface area contributed by atoms with Crippen LogP contribution >= 0.6 is 22.6 Å². The van der Waals surface area contributed by atoms with E-state index in [9.17, 15) is 0 Å². The number of benzene rings is 1. The van der Waals surface area contributed by atoms with Crippen LogP contribution in [0.3, 0.4) is 0 Å². The molecule has 0 amide bonds. The van der Waals surface area contributed by atoms with Gasteiger partial charge in [0, 0.05) is 3.57 Å². The molecule has 1 aromatic rings. The minimum atomic E-state index is -0.0840. The van der Waals surface area contributed by atoms with E-state index in [1.165, 1.54) is 3.57 Å². The second-order valence-electron chi connectivity index (χ2n) is 2.93. The Morgan fingerprint density at radius 3 is 2.54 bits per heavy atom. The molecule has 1 N–H and O–H groups in total. The first kappa shape index (κ1) is 10.9. The van der Waals surface area contributed by atoms with Crippen LogP contribution in [0, 0.1) is 3.57 Å². The van der Waals surface area contributed by atoms with Gasteiger partial charge < -0.3 is 9.84 Å². The van der Waals surface area contributed by atoms with Crippen molar-refractivity contribution in [2.45, 2.75) is 19.6 Å². The molecule has 1 unspecified atom stereocenters. The van der Waals surface area contributed by atoms with E-state index in [1.54, 1.807) is 0 Å². The molecule has 0 heterocycles. The van der Waals surface area contributed by atoms with Gasteiger partial charge in [-0.25, -0.2) is 0 Å². The molecule has 72 valence electrons. The molecule has 1 aromatic carbocycles. The van der Waals surface area contributed by atoms with Crippen molar-refractivity contribution in [1.29, 1.82) is 0 Å². The maximum absolute atomic E-state index is 8.73. The third-order valence-corrected chi connectivity index (χ3v) is 2.42. The van der Waals surface area contributed by atoms with Crippen LogP contribution in [0.5, 0.6) is 0 Å². The molecule has 0 aliphatic heterocycles. The van der Waals surface area contributed by atoms with Crippen LogP contribution in [-0.4, -0.2) is 17.8 Å². The highest BCUT2D eigenvalue weighted by Crippen LogP contribution is 2.08. The second kappa shape index (κ2) is 5.57. The fourth-order valence-electron chi connectivity index (χ4n) is 0.872. The maximum Gasteiger partial charge on any atom is 0.0782 e. The molecule has 3 heteroatoms. The Labute approximate surface area is 92.1 Å². The second-order valence-corrected chi connectivity index (χ2v) is 4.18. The first-order valence-corrected chi connectivity index (χ1v) is 5.27. The Kier molecular flexibility index (Phi) is 4.69. The summed E-state index contributed by atoms with van der Waals surface area (Å²) in [6.07, 6.45) is -0.0840. The van der Waals surface area contributed by atoms with Gasteiger partial charge >= 0.3 is 0 Å². The van der Waals surface area contributed by atoms with E-state index in [2.05, 4.69) is 22.6 Å². The summed E-state index contributed by atoms with van der Waals surface area (Å²) in [6.45, 7) is 2.50. The first-order valence-electron chi connectivity index (χ1n) is 4.19. The van der Waals surface area contributed by atoms with Crippen LogP contribution in [0.4, 0.5) is 0 Å². The van der Waals surface area contributed by atoms with Crippen molar-refractivity contribution >= 4 is 22.6 Å². The molecule has 0 aromatic heterocycles. The molecule has 0 fully saturated rings. The molecule has 0 aliphatic carbocycles. The summed E-state index contributed by atoms with van der Waals surface area (Å²) in [5, 5.41) is 8.73. The lowest BCUT2D eigenvalue weighted by atomic mass is 10.2. The normalized spacial score (nSPS) is 12.8. The quantitative estimate of drug-likeness (QED) is 0.862. The molecular formula is C10H13IO2. The third kappa shape index (κ3) is 4.06. The van der Waals surface area contributed by atoms with Gasteiger partial charge in [-0.2, -0.15) is 0 Å². The zero-order chi connectivity index (χ0) is 9.68. The molecule has 0 bridgehead atoms. The van der Waals surface area contributed by atoms with Crippen molar-refractivity contribution in [3.63, 3.8) is 0 Å². The lowest BCUT2D eigenvalue weighted by Crippen LogP contribution is -2.12. The average Bonchev–Trinajstić information content (AvgIpc) is 2.16. The van der Waals surface area contributed by atoms with Crippen LogP contribution in [-0.2, 0) is 11.3 Å². The molecule has 1 atom stereocenters. The van der Waals surface area contributed by atoms with Gasteiger partial charge in [0.1, 0.15) is 0 Å². The van der Waals surface area contributed by atoms with Crippen molar-refractivity contribution in [1.82, 2.24) is 0 Å². The highest BCUT2D eigenvalue weighted by Gasteiger charge is 1.99. The predicted octanol–water partition coefficient (Wildman–Crippen LogP) is 2.19. The smallest absolute Gasteiger partial charge is 0.0782 e. The number of ether oxygens (including phenoxy) is 1. The third-order valence-electron chi connectivity index (χ3n) is 1.70. The summed E-state index contributed by atoms with van der Waals surface area (Å²) < 4.78 is 6.58. The highest BCUT2D eigenvalue weighted by molar-refractivity contribution is 14.1. The van der Waals surface area contributed by atoms with Gasteiger partial charge in [0.05, 0.1) is 19.3 Å². The Balaban J connectivity index is 2.41. The van der Waals surface area contributed by atoms with Gasteiger partial charge in [0.25, 0.3) is 0 Å². The minimum absolute atomic E-state index is 0.0738. The van der Waals surface area contributed by atoms with Gasteiger partial charge in [0.2, 0.25) is 0 Å². The Morgan fingerprint density at radius 2 is 2.00 bits per heavy atom. The molecule has 2 nitrogen and oxygen atoms in total. The molecule has 0 saturated heterocycles. The standard InChI is InChI=1S/C10H13IO2/c1-8(6-12)13-7-9-2-4-10(11)5-3-9/h2-5,8,12H,6-7H2,1H3. The van der Waals surface area contributed by atoms with E-state index in [0.717, 1.165) is 5.56 Å². The molecule has 0 aliphatic rings. The summed E-state index contributed by atoms with van der Waals surface area (Å²) >= 11 is 2.26. The number of hydrogen-bond donors (Lipinski definition) is 1. The van der Waals surface area contributed by atoms with E-state index in [0.29, 0.717) is 6.61 Å². The van der Waals surface area contributed by atoms with E-state index in [-0.39, 0.29) is 12.7 Å². The summed E-state index contributed by atoms with van der Waals surface area (Å²) in [5.74, 6) is 0. The van der Waals surface area contributed by atoms with Crippen molar-refractivity contribution in [3.8, 4) is 0 Å². The van der Waals surface area contributed by atoms with Crippen LogP contribution in [0.2, 0.25) is 0 Å². The van der Waals surface area contributed by atoms with Gasteiger partial charge in [0.15, 0.2) is 0 Å². The van der Waals surface area contributed by atoms with E-state index in [4.69, 9.17) is 9.84 Å². The van der Waals surface area contributed by atoms with Gasteiger partial charge in [-0.1, -0.05) is 12.1 Å². The van der Waals surface area contributed by atoms with E-state index >= 15 is 0 Å². The van der Waals surface area contributed by atoms with Crippen LogP contribution in [0.1, 0.15) is 12.5 Å². The summed E-state index contributed by atoms with van der Waals surface area (Å²) in [4.78, 5) is 0. The monoisotopic (exact) mass is 292 g/mol. The SMILES string of the molecule is CC(CO)OCc1ccc(I)cc1. The Hall–Kier alpha value is -0.130. The predicted molar refractivity (Wildman–Crippen MR) is 60.5 cm³/mol. The van der Waals surface area contributed by atoms with Crippen molar-refractivity contribution in [3.05, 3.63) is 33.4 Å². The summed E-state index contributed by atoms with van der Waals surface area (Å²) in [6, 6.07) is 8.16. The molecule has 0 saturated carbocycles. The van der Waals surface area contributed by atoms with Gasteiger partial charge in [-0.05, 0) is 47.2 Å². The highest BCUT2D eigenvalue weighted by atomic mass is 127. The fourth-order valence-corrected chi connectivity index (χ4v) is 1.23. The zero-order valence-electron chi connectivity index (χ0n) is 7.53. The first-order chi connectivity index (χ1) is 6.22. The average molecular weight is 292 g/mol. The summed E-state index contributed by atoms with van der Waals surface area (Å²) in [5.41, 5.74) is 1.14. The number of rotatable bonds is 4. The minimum Gasteiger partial charge on any atom is -0.394 e. The topological polar surface area (TPSA) is 29.5 Å². The van der Waals surface area contributed by atoms with Crippen molar-refractivity contribution < 1.29 is 9.84 Å². The van der Waals surface area contributed by atoms with Crippen molar-refractivity contribution in [2.75, 3.05) is 6.61 Å². The van der Waals surface area contributed by atoms with E-state index < -0.39 is 0 Å². The Bertz CT molecular complexity index is 246. The molecular weight excluding hydrogens is 279 g/mol. The number of aliphatic hydroxyl groups excluding tert-OH is 1. The van der Waals surface area contributed by atoms with Crippen LogP contribution < -0.4 is 0 Å². The largest absolute Gasteiger partial charge is 0.394 e. The van der Waals surface area contributed by atoms with Gasteiger partial charge in [-0.15, -0.1) is 0 Å². The number of aliphatic hydroxyl groups is 1. The van der Waals surface area contributed by atoms with Gasteiger partial charge in [-0.3, -0.25) is 0 Å². The lowest BCUT2D eigenvalue weighted by molar-refractivity contribution is 0.0144. The number of halogens is 1. The molecule has 0 spiro atoms. The van der Waals surface area contributed by atoms with Crippen molar-refractivity contribution in [2.24, 2.45) is 0 Å². The van der Waals surface area contributed by atoms with Crippen LogP contribution in [0.25, 0.3) is 0 Å². The Morgan fingerprint density at radius 1 is 1.38 bits per heavy atom. The maximum atomic E-state index is 8.73. The molecule has 1 rings (SSSR count). The van der Waals surface area contributed by atoms with Crippen LogP contribution in [0.15, 0.2) is 24.3 Å².